The molecule has 15 atom stereocenters. The van der Waals surface area contributed by atoms with E-state index in [1.54, 1.807) is 6.92 Å². The van der Waals surface area contributed by atoms with Crippen LogP contribution in [0.4, 0.5) is 4.79 Å². The highest BCUT2D eigenvalue weighted by Crippen LogP contribution is 2.45. The number of ether oxygens (including phenoxy) is 6. The van der Waals surface area contributed by atoms with Gasteiger partial charge in [0.1, 0.15) is 24.4 Å². The summed E-state index contributed by atoms with van der Waals surface area (Å²) in [6.45, 7) is 16.9. The molecular formula is C41H65NO12. The number of carbonyl (C=O) groups is 3. The van der Waals surface area contributed by atoms with Gasteiger partial charge in [-0.15, -0.1) is 0 Å². The first-order valence-corrected chi connectivity index (χ1v) is 19.7. The number of amides is 1. The monoisotopic (exact) mass is 763 g/mol. The third-order valence-electron chi connectivity index (χ3n) is 11.8. The Kier molecular flexibility index (Phi) is 15.1. The van der Waals surface area contributed by atoms with Gasteiger partial charge in [0.05, 0.1) is 30.8 Å². The molecule has 4 rings (SSSR count). The second-order valence-electron chi connectivity index (χ2n) is 16.5. The van der Waals surface area contributed by atoms with Crippen LogP contribution in [-0.2, 0) is 38.0 Å². The molecule has 2 bridgehead atoms. The van der Waals surface area contributed by atoms with Gasteiger partial charge in [-0.3, -0.25) is 9.59 Å². The second-order valence-corrected chi connectivity index (χ2v) is 16.5. The molecule has 13 heteroatoms. The standard InChI is InChI=1S/C41H65NO12/c1-10-31(43)40(9)38(54-40)26(6)19-25(5)37-27(7)34(45)22(2)15-16-29(50-33-20-30(51-39(42)47)35(46)28(8)49-33)14-12-11-13-23(3)36-24(4)17-18-41(48,53-36)21-32(44)52-37/h13,15-17,22,25-30,33-38,45-46,48H,10-12,14,18-21H2,1-9H3,(H2,42,47)/b16-15-,23-13+/t22-,25-,26-,27+,28+,29-,30+,33+,34+,35-,36-,37-,38+,40+,41+/m1/s1. The summed E-state index contributed by atoms with van der Waals surface area (Å²) in [4.78, 5) is 37.8. The van der Waals surface area contributed by atoms with Crippen molar-refractivity contribution in [2.24, 2.45) is 29.4 Å². The highest BCUT2D eigenvalue weighted by molar-refractivity contribution is 5.89. The number of ketones is 1. The highest BCUT2D eigenvalue weighted by atomic mass is 16.7. The molecule has 4 aliphatic rings. The van der Waals surface area contributed by atoms with Crippen LogP contribution in [0.15, 0.2) is 35.5 Å². The Balaban J connectivity index is 1.60. The van der Waals surface area contributed by atoms with E-state index in [2.05, 4.69) is 6.08 Å². The van der Waals surface area contributed by atoms with Gasteiger partial charge in [-0.2, -0.15) is 0 Å². The van der Waals surface area contributed by atoms with E-state index in [1.807, 2.05) is 73.6 Å². The number of allylic oxidation sites excluding steroid dienone is 1. The molecular weight excluding hydrogens is 698 g/mol. The van der Waals surface area contributed by atoms with Crippen LogP contribution in [0.3, 0.4) is 0 Å². The number of primary amides is 1. The predicted molar refractivity (Wildman–Crippen MR) is 200 cm³/mol. The van der Waals surface area contributed by atoms with Crippen LogP contribution in [-0.4, -0.2) is 99.7 Å². The molecule has 13 nitrogen and oxygen atoms in total. The topological polar surface area (TPSA) is 197 Å². The van der Waals surface area contributed by atoms with Crippen LogP contribution in [0.2, 0.25) is 0 Å². The maximum absolute atomic E-state index is 13.7. The van der Waals surface area contributed by atoms with Crippen molar-refractivity contribution in [3.8, 4) is 0 Å². The summed E-state index contributed by atoms with van der Waals surface area (Å²) < 4.78 is 35.8. The molecule has 1 amide bonds. The van der Waals surface area contributed by atoms with E-state index < -0.39 is 84.3 Å². The van der Waals surface area contributed by atoms with Crippen molar-refractivity contribution in [2.75, 3.05) is 0 Å². The molecule has 2 fully saturated rings. The van der Waals surface area contributed by atoms with Crippen molar-refractivity contribution in [1.82, 2.24) is 0 Å². The first-order valence-electron chi connectivity index (χ1n) is 19.7. The van der Waals surface area contributed by atoms with Gasteiger partial charge >= 0.3 is 12.1 Å². The number of Topliss-reactive ketones (excluding diaryl/α,β-unsaturated/α-hetero) is 1. The average molecular weight is 764 g/mol. The highest BCUT2D eigenvalue weighted by Gasteiger charge is 2.59. The Morgan fingerprint density at radius 2 is 1.72 bits per heavy atom. The molecule has 0 aromatic heterocycles. The SMILES string of the molecule is CCC(=O)[C@]1(C)O[C@H]1[C@H](C)C[C@@H](C)[C@H]1OC(=O)C[C@]2(O)CC=C(C)[C@H](O2)/C(C)=C/CCC[C@@H](O[C@H]2C[C@H](OC(N)=O)[C@H](O)[C@H](C)O2)/C=C\[C@@H](C)[C@H](O)[C@@H]1C. The minimum Gasteiger partial charge on any atom is -0.462 e. The summed E-state index contributed by atoms with van der Waals surface area (Å²) in [5, 5.41) is 33.9. The van der Waals surface area contributed by atoms with Crippen molar-refractivity contribution in [2.45, 2.75) is 180 Å². The van der Waals surface area contributed by atoms with E-state index in [4.69, 9.17) is 34.2 Å². The van der Waals surface area contributed by atoms with E-state index in [9.17, 15) is 29.7 Å². The molecule has 4 aliphatic heterocycles. The Labute approximate surface area is 320 Å². The summed E-state index contributed by atoms with van der Waals surface area (Å²) in [7, 11) is 0. The summed E-state index contributed by atoms with van der Waals surface area (Å²) in [5.74, 6) is -3.55. The van der Waals surface area contributed by atoms with Crippen LogP contribution in [0.25, 0.3) is 0 Å². The zero-order valence-electron chi connectivity index (χ0n) is 33.6. The van der Waals surface area contributed by atoms with E-state index >= 15 is 0 Å². The first-order chi connectivity index (χ1) is 25.3. The van der Waals surface area contributed by atoms with Gasteiger partial charge in [0.2, 0.25) is 0 Å². The first kappa shape index (κ1) is 44.1. The van der Waals surface area contributed by atoms with Gasteiger partial charge in [-0.1, -0.05) is 58.9 Å². The molecule has 4 heterocycles. The van der Waals surface area contributed by atoms with Gasteiger partial charge < -0.3 is 49.5 Å². The van der Waals surface area contributed by atoms with Crippen molar-refractivity contribution in [3.63, 3.8) is 0 Å². The lowest BCUT2D eigenvalue weighted by atomic mass is 9.79. The quantitative estimate of drug-likeness (QED) is 0.137. The molecule has 0 spiro atoms. The number of epoxide rings is 1. The summed E-state index contributed by atoms with van der Waals surface area (Å²) >= 11 is 0. The van der Waals surface area contributed by atoms with Crippen LogP contribution in [0.1, 0.15) is 114 Å². The Morgan fingerprint density at radius 3 is 2.39 bits per heavy atom. The third-order valence-corrected chi connectivity index (χ3v) is 11.8. The normalized spacial score (nSPS) is 42.4. The number of aliphatic hydroxyl groups is 3. The summed E-state index contributed by atoms with van der Waals surface area (Å²) in [6, 6.07) is 0. The smallest absolute Gasteiger partial charge is 0.404 e. The Morgan fingerprint density at radius 1 is 1.04 bits per heavy atom. The number of fused-ring (bicyclic) bond motifs is 2. The maximum Gasteiger partial charge on any atom is 0.404 e. The van der Waals surface area contributed by atoms with Crippen molar-refractivity contribution in [3.05, 3.63) is 35.5 Å². The average Bonchev–Trinajstić information content (AvgIpc) is 3.81. The number of esters is 1. The predicted octanol–water partition coefficient (Wildman–Crippen LogP) is 5.18. The number of hydrogen-bond acceptors (Lipinski definition) is 12. The van der Waals surface area contributed by atoms with Crippen molar-refractivity contribution < 1.29 is 58.1 Å². The van der Waals surface area contributed by atoms with Gasteiger partial charge in [0.15, 0.2) is 23.5 Å². The number of carbonyl (C=O) groups excluding carboxylic acids is 3. The number of aliphatic hydroxyl groups excluding tert-OH is 2. The van der Waals surface area contributed by atoms with Crippen LogP contribution < -0.4 is 5.73 Å². The van der Waals surface area contributed by atoms with E-state index in [-0.39, 0.29) is 43.0 Å². The zero-order chi connectivity index (χ0) is 40.1. The minimum absolute atomic E-state index is 0.0277. The second kappa shape index (κ2) is 18.5. The van der Waals surface area contributed by atoms with Gasteiger partial charge in [0.25, 0.3) is 0 Å². The molecule has 0 aliphatic carbocycles. The van der Waals surface area contributed by atoms with Gasteiger partial charge in [-0.25, -0.2) is 4.79 Å². The lowest BCUT2D eigenvalue weighted by Crippen LogP contribution is -2.50. The van der Waals surface area contributed by atoms with Crippen LogP contribution in [0, 0.1) is 23.7 Å². The fourth-order valence-corrected chi connectivity index (χ4v) is 8.43. The van der Waals surface area contributed by atoms with E-state index in [0.29, 0.717) is 32.1 Å². The fraction of sp³-hybridized carbons (Fsp3) is 0.780. The maximum atomic E-state index is 13.7. The van der Waals surface area contributed by atoms with Crippen LogP contribution >= 0.6 is 0 Å². The lowest BCUT2D eigenvalue weighted by Gasteiger charge is -2.38. The molecule has 306 valence electrons. The summed E-state index contributed by atoms with van der Waals surface area (Å²) in [5.41, 5.74) is 6.26. The summed E-state index contributed by atoms with van der Waals surface area (Å²) in [6.07, 6.45) is 3.12. The number of rotatable bonds is 9. The third kappa shape index (κ3) is 11.0. The number of hydrogen-bond donors (Lipinski definition) is 4. The minimum atomic E-state index is -1.77. The van der Waals surface area contributed by atoms with Crippen LogP contribution in [0.5, 0.6) is 0 Å². The van der Waals surface area contributed by atoms with E-state index in [1.165, 1.54) is 0 Å². The Hall–Kier alpha value is -2.65. The molecule has 0 radical (unpaired) electrons. The molecule has 5 N–H and O–H groups in total. The van der Waals surface area contributed by atoms with Crippen molar-refractivity contribution in [1.29, 1.82) is 0 Å². The largest absolute Gasteiger partial charge is 0.462 e. The molecule has 0 aromatic rings. The zero-order valence-corrected chi connectivity index (χ0v) is 33.6. The lowest BCUT2D eigenvalue weighted by molar-refractivity contribution is -0.254. The molecule has 2 saturated heterocycles. The fourth-order valence-electron chi connectivity index (χ4n) is 8.43. The molecule has 54 heavy (non-hydrogen) atoms. The van der Waals surface area contributed by atoms with Crippen molar-refractivity contribution >= 4 is 17.8 Å². The van der Waals surface area contributed by atoms with Gasteiger partial charge in [0, 0.05) is 31.1 Å². The van der Waals surface area contributed by atoms with Gasteiger partial charge in [-0.05, 0) is 76.4 Å². The van der Waals surface area contributed by atoms with E-state index in [0.717, 1.165) is 11.1 Å². The Bertz CT molecular complexity index is 1410. The molecule has 0 aromatic carbocycles. The molecule has 0 saturated carbocycles. The molecule has 0 unspecified atom stereocenters. The number of nitrogens with two attached hydrogens (primary N) is 1. The number of cyclic esters (lactones) is 1.